The van der Waals surface area contributed by atoms with Crippen LogP contribution in [0.4, 0.5) is 0 Å². The Morgan fingerprint density at radius 2 is 1.87 bits per heavy atom. The molecule has 0 radical (unpaired) electrons. The van der Waals surface area contributed by atoms with Gasteiger partial charge in [0.05, 0.1) is 6.61 Å². The zero-order valence-electron chi connectivity index (χ0n) is 8.71. The summed E-state index contributed by atoms with van der Waals surface area (Å²) in [6, 6.07) is 0. The van der Waals surface area contributed by atoms with Gasteiger partial charge >= 0.3 is 0 Å². The number of hydrogen-bond donors (Lipinski definition) is 3. The van der Waals surface area contributed by atoms with Crippen molar-refractivity contribution in [3.63, 3.8) is 0 Å². The molecule has 88 valence electrons. The summed E-state index contributed by atoms with van der Waals surface area (Å²) in [5, 5.41) is 28.0. The number of ether oxygens (including phenoxy) is 3. The average molecular weight is 220 g/mol. The van der Waals surface area contributed by atoms with E-state index in [0.29, 0.717) is 0 Å². The Balaban J connectivity index is 2.24. The van der Waals surface area contributed by atoms with Crippen molar-refractivity contribution in [2.24, 2.45) is 0 Å². The second-order valence-electron chi connectivity index (χ2n) is 4.34. The molecule has 6 nitrogen and oxygen atoms in total. The molecule has 15 heavy (non-hydrogen) atoms. The highest BCUT2D eigenvalue weighted by atomic mass is 16.9. The van der Waals surface area contributed by atoms with E-state index in [2.05, 4.69) is 0 Å². The van der Waals surface area contributed by atoms with Gasteiger partial charge in [0.15, 0.2) is 5.79 Å². The molecule has 2 fully saturated rings. The number of hydrogen-bond acceptors (Lipinski definition) is 6. The van der Waals surface area contributed by atoms with Crippen LogP contribution in [0.15, 0.2) is 0 Å². The lowest BCUT2D eigenvalue weighted by molar-refractivity contribution is -0.276. The summed E-state index contributed by atoms with van der Waals surface area (Å²) in [6.07, 6.45) is -2.54. The second kappa shape index (κ2) is 3.38. The van der Waals surface area contributed by atoms with Crippen LogP contribution < -0.4 is 0 Å². The predicted molar refractivity (Wildman–Crippen MR) is 47.8 cm³/mol. The summed E-state index contributed by atoms with van der Waals surface area (Å²) in [4.78, 5) is 0. The molecule has 0 bridgehead atoms. The molecule has 0 aromatic heterocycles. The molecule has 0 saturated carbocycles. The van der Waals surface area contributed by atoms with Gasteiger partial charge in [-0.2, -0.15) is 0 Å². The summed E-state index contributed by atoms with van der Waals surface area (Å²) < 4.78 is 16.2. The van der Waals surface area contributed by atoms with Crippen LogP contribution in [0.5, 0.6) is 0 Å². The van der Waals surface area contributed by atoms with E-state index in [1.165, 1.54) is 0 Å². The highest BCUT2D eigenvalue weighted by Crippen LogP contribution is 2.44. The maximum absolute atomic E-state index is 9.79. The molecule has 2 rings (SSSR count). The molecule has 0 spiro atoms. The topological polar surface area (TPSA) is 88.4 Å². The van der Waals surface area contributed by atoms with E-state index in [9.17, 15) is 10.2 Å². The van der Waals surface area contributed by atoms with Gasteiger partial charge in [-0.25, -0.2) is 0 Å². The van der Waals surface area contributed by atoms with E-state index in [0.717, 1.165) is 0 Å². The van der Waals surface area contributed by atoms with Crippen LogP contribution in [0.1, 0.15) is 13.8 Å². The first kappa shape index (κ1) is 11.3. The van der Waals surface area contributed by atoms with Gasteiger partial charge in [0.1, 0.15) is 24.9 Å². The summed E-state index contributed by atoms with van der Waals surface area (Å²) >= 11 is 0. The molecule has 0 unspecified atom stereocenters. The lowest BCUT2D eigenvalue weighted by Crippen LogP contribution is -2.43. The molecular formula is C9H16O6. The standard InChI is InChI=1S/C9H16O6/c1-8(2)14-7-6(12)5(3-10)13-9(7,4-11)15-8/h5-7,10-12H,3-4H2,1-2H3/t5-,6+,7-,9-/m0/s1. The van der Waals surface area contributed by atoms with Gasteiger partial charge in [-0.05, 0) is 13.8 Å². The fourth-order valence-electron chi connectivity index (χ4n) is 2.14. The quantitative estimate of drug-likeness (QED) is 0.529. The minimum Gasteiger partial charge on any atom is -0.394 e. The Hall–Kier alpha value is -0.240. The Kier molecular flexibility index (Phi) is 2.53. The fraction of sp³-hybridized carbons (Fsp3) is 1.00. The molecule has 6 heteroatoms. The van der Waals surface area contributed by atoms with E-state index in [4.69, 9.17) is 19.3 Å². The molecule has 2 heterocycles. The van der Waals surface area contributed by atoms with Crippen molar-refractivity contribution in [3.8, 4) is 0 Å². The predicted octanol–water partition coefficient (Wildman–Crippen LogP) is -1.42. The molecule has 2 saturated heterocycles. The first-order valence-corrected chi connectivity index (χ1v) is 4.90. The third kappa shape index (κ3) is 1.57. The molecule has 4 atom stereocenters. The van der Waals surface area contributed by atoms with Crippen molar-refractivity contribution < 1.29 is 29.5 Å². The Morgan fingerprint density at radius 1 is 1.20 bits per heavy atom. The van der Waals surface area contributed by atoms with Crippen LogP contribution in [0.3, 0.4) is 0 Å². The summed E-state index contributed by atoms with van der Waals surface area (Å²) in [7, 11) is 0. The second-order valence-corrected chi connectivity index (χ2v) is 4.34. The van der Waals surface area contributed by atoms with Gasteiger partial charge in [-0.15, -0.1) is 0 Å². The van der Waals surface area contributed by atoms with Crippen molar-refractivity contribution in [1.29, 1.82) is 0 Å². The largest absolute Gasteiger partial charge is 0.394 e. The van der Waals surface area contributed by atoms with Crippen LogP contribution in [-0.2, 0) is 14.2 Å². The van der Waals surface area contributed by atoms with Crippen LogP contribution >= 0.6 is 0 Å². The van der Waals surface area contributed by atoms with Crippen molar-refractivity contribution in [3.05, 3.63) is 0 Å². The smallest absolute Gasteiger partial charge is 0.224 e. The summed E-state index contributed by atoms with van der Waals surface area (Å²) in [6.45, 7) is 2.58. The average Bonchev–Trinajstić information content (AvgIpc) is 2.58. The van der Waals surface area contributed by atoms with Crippen LogP contribution in [0.25, 0.3) is 0 Å². The number of aliphatic hydroxyl groups excluding tert-OH is 3. The highest BCUT2D eigenvalue weighted by Gasteiger charge is 2.64. The zero-order valence-corrected chi connectivity index (χ0v) is 8.71. The van der Waals surface area contributed by atoms with Gasteiger partial charge in [0.2, 0.25) is 5.79 Å². The molecular weight excluding hydrogens is 204 g/mol. The summed E-state index contributed by atoms with van der Waals surface area (Å²) in [5.41, 5.74) is 0. The lowest BCUT2D eigenvalue weighted by Gasteiger charge is -2.26. The first-order chi connectivity index (χ1) is 6.94. The van der Waals surface area contributed by atoms with Gasteiger partial charge in [0.25, 0.3) is 0 Å². The van der Waals surface area contributed by atoms with Gasteiger partial charge in [0, 0.05) is 0 Å². The van der Waals surface area contributed by atoms with Crippen molar-refractivity contribution >= 4 is 0 Å². The molecule has 0 aromatic rings. The molecule has 3 N–H and O–H groups in total. The van der Waals surface area contributed by atoms with Crippen molar-refractivity contribution in [2.75, 3.05) is 13.2 Å². The third-order valence-corrected chi connectivity index (χ3v) is 2.71. The summed E-state index contributed by atoms with van der Waals surface area (Å²) in [5.74, 6) is -2.26. The maximum atomic E-state index is 9.79. The normalized spacial score (nSPS) is 48.2. The number of aliphatic hydroxyl groups is 3. The lowest BCUT2D eigenvalue weighted by atomic mass is 10.1. The number of fused-ring (bicyclic) bond motifs is 1. The van der Waals surface area contributed by atoms with Crippen LogP contribution in [0, 0.1) is 0 Å². The minimum atomic E-state index is -1.35. The van der Waals surface area contributed by atoms with Crippen molar-refractivity contribution in [2.45, 2.75) is 43.7 Å². The molecule has 0 aliphatic carbocycles. The molecule has 0 amide bonds. The number of rotatable bonds is 2. The Bertz CT molecular complexity index is 255. The molecule has 0 aromatic carbocycles. The van der Waals surface area contributed by atoms with Crippen molar-refractivity contribution in [1.82, 2.24) is 0 Å². The Morgan fingerprint density at radius 3 is 2.33 bits per heavy atom. The zero-order chi connectivity index (χ0) is 11.3. The SMILES string of the molecule is CC1(C)O[C@H]2[C@H](O)[C@H](CO)O[C@@]2(CO)O1. The highest BCUT2D eigenvalue weighted by molar-refractivity contribution is 5.02. The molecule has 2 aliphatic rings. The fourth-order valence-corrected chi connectivity index (χ4v) is 2.14. The maximum Gasteiger partial charge on any atom is 0.224 e. The van der Waals surface area contributed by atoms with E-state index >= 15 is 0 Å². The Labute approximate surface area is 87.4 Å². The van der Waals surface area contributed by atoms with Gasteiger partial charge < -0.3 is 29.5 Å². The van der Waals surface area contributed by atoms with Gasteiger partial charge in [-0.1, -0.05) is 0 Å². The van der Waals surface area contributed by atoms with E-state index in [-0.39, 0.29) is 6.61 Å². The van der Waals surface area contributed by atoms with E-state index in [1.807, 2.05) is 0 Å². The third-order valence-electron chi connectivity index (χ3n) is 2.71. The monoisotopic (exact) mass is 220 g/mol. The first-order valence-electron chi connectivity index (χ1n) is 4.90. The van der Waals surface area contributed by atoms with E-state index in [1.54, 1.807) is 13.8 Å². The minimum absolute atomic E-state index is 0.341. The van der Waals surface area contributed by atoms with E-state index < -0.39 is 36.5 Å². The molecule has 2 aliphatic heterocycles. The van der Waals surface area contributed by atoms with Crippen LogP contribution in [0.2, 0.25) is 0 Å². The van der Waals surface area contributed by atoms with Gasteiger partial charge in [-0.3, -0.25) is 0 Å². The van der Waals surface area contributed by atoms with Crippen LogP contribution in [-0.4, -0.2) is 58.4 Å².